The Morgan fingerprint density at radius 2 is 1.04 bits per heavy atom. The van der Waals surface area contributed by atoms with Gasteiger partial charge in [-0.05, 0) is 12.8 Å². The van der Waals surface area contributed by atoms with E-state index in [2.05, 4.69) is 13.8 Å². The molecule has 0 bridgehead atoms. The number of esters is 1. The quantitative estimate of drug-likeness (QED) is 0.0412. The van der Waals surface area contributed by atoms with Gasteiger partial charge in [-0.25, -0.2) is 0 Å². The van der Waals surface area contributed by atoms with Crippen molar-refractivity contribution in [1.29, 1.82) is 0 Å². The molecule has 1 saturated heterocycles. The maximum Gasteiger partial charge on any atom is 0.306 e. The Hall–Kier alpha value is -0.810. The van der Waals surface area contributed by atoms with Crippen LogP contribution >= 0.6 is 0 Å². The zero-order valence-corrected chi connectivity index (χ0v) is 30.3. The lowest BCUT2D eigenvalue weighted by molar-refractivity contribution is -0.305. The van der Waals surface area contributed by atoms with Gasteiger partial charge in [0, 0.05) is 13.0 Å². The first-order valence-electron chi connectivity index (χ1n) is 19.6. The molecular weight excluding hydrogens is 600 g/mol. The number of unbranched alkanes of at least 4 members (excludes halogenated alkanes) is 22. The molecule has 0 spiro atoms. The summed E-state index contributed by atoms with van der Waals surface area (Å²) in [4.78, 5) is 12.7. The van der Waals surface area contributed by atoms with Crippen molar-refractivity contribution in [3.8, 4) is 0 Å². The van der Waals surface area contributed by atoms with Crippen molar-refractivity contribution in [3.63, 3.8) is 0 Å². The van der Waals surface area contributed by atoms with Gasteiger partial charge in [0.1, 0.15) is 30.5 Å². The van der Waals surface area contributed by atoms with Gasteiger partial charge in [-0.2, -0.15) is 0 Å². The molecule has 0 amide bonds. The highest BCUT2D eigenvalue weighted by molar-refractivity contribution is 5.69. The fourth-order valence-electron chi connectivity index (χ4n) is 6.14. The summed E-state index contributed by atoms with van der Waals surface area (Å²) in [6.07, 6.45) is 22.6. The topological polar surface area (TPSA) is 135 Å². The number of carbonyl (C=O) groups is 1. The fourth-order valence-corrected chi connectivity index (χ4v) is 6.14. The Bertz CT molecular complexity index is 692. The number of rotatable bonds is 33. The summed E-state index contributed by atoms with van der Waals surface area (Å²) in [7, 11) is 0. The molecule has 0 aromatic heterocycles. The van der Waals surface area contributed by atoms with Gasteiger partial charge in [0.05, 0.1) is 19.8 Å². The maximum atomic E-state index is 12.7. The third-order valence-corrected chi connectivity index (χ3v) is 9.27. The molecule has 1 aliphatic heterocycles. The summed E-state index contributed by atoms with van der Waals surface area (Å²) in [5.74, 6) is -0.311. The average Bonchev–Trinajstić information content (AvgIpc) is 3.07. The summed E-state index contributed by atoms with van der Waals surface area (Å²) >= 11 is 0. The van der Waals surface area contributed by atoms with Crippen LogP contribution in [0.2, 0.25) is 0 Å². The second kappa shape index (κ2) is 31.2. The van der Waals surface area contributed by atoms with Crippen LogP contribution in [0.15, 0.2) is 0 Å². The SMILES string of the molecule is CCCCCCCCCCCCCCCC(=O)OC(COCCCCCCCCCCCCC)COC1OC(CO)C(O)C(O)C1O. The molecule has 1 aliphatic rings. The van der Waals surface area contributed by atoms with E-state index in [-0.39, 0.29) is 19.2 Å². The van der Waals surface area contributed by atoms with Crippen LogP contribution in [0, 0.1) is 0 Å². The molecule has 47 heavy (non-hydrogen) atoms. The van der Waals surface area contributed by atoms with E-state index in [1.54, 1.807) is 0 Å². The second-order valence-electron chi connectivity index (χ2n) is 13.7. The normalized spacial score (nSPS) is 22.0. The highest BCUT2D eigenvalue weighted by atomic mass is 16.7. The van der Waals surface area contributed by atoms with Crippen molar-refractivity contribution in [3.05, 3.63) is 0 Å². The van der Waals surface area contributed by atoms with E-state index >= 15 is 0 Å². The molecule has 6 unspecified atom stereocenters. The lowest BCUT2D eigenvalue weighted by atomic mass is 9.99. The van der Waals surface area contributed by atoms with Crippen molar-refractivity contribution in [1.82, 2.24) is 0 Å². The van der Waals surface area contributed by atoms with Gasteiger partial charge < -0.3 is 39.4 Å². The lowest BCUT2D eigenvalue weighted by Crippen LogP contribution is -2.59. The molecule has 0 aromatic rings. The van der Waals surface area contributed by atoms with Gasteiger partial charge in [-0.3, -0.25) is 4.79 Å². The molecule has 0 aliphatic carbocycles. The maximum absolute atomic E-state index is 12.7. The Morgan fingerprint density at radius 1 is 0.596 bits per heavy atom. The summed E-state index contributed by atoms with van der Waals surface area (Å²) in [6, 6.07) is 0. The lowest BCUT2D eigenvalue weighted by Gasteiger charge is -2.39. The molecule has 9 heteroatoms. The number of ether oxygens (including phenoxy) is 4. The van der Waals surface area contributed by atoms with Gasteiger partial charge in [-0.1, -0.05) is 155 Å². The molecule has 0 radical (unpaired) electrons. The van der Waals surface area contributed by atoms with Crippen LogP contribution in [0.5, 0.6) is 0 Å². The van der Waals surface area contributed by atoms with E-state index in [0.717, 1.165) is 32.1 Å². The predicted molar refractivity (Wildman–Crippen MR) is 187 cm³/mol. The monoisotopic (exact) mass is 675 g/mol. The van der Waals surface area contributed by atoms with Gasteiger partial charge in [0.25, 0.3) is 0 Å². The van der Waals surface area contributed by atoms with E-state index in [4.69, 9.17) is 18.9 Å². The highest BCUT2D eigenvalue weighted by Crippen LogP contribution is 2.22. The largest absolute Gasteiger partial charge is 0.457 e. The molecule has 0 saturated carbocycles. The van der Waals surface area contributed by atoms with E-state index in [1.807, 2.05) is 0 Å². The van der Waals surface area contributed by atoms with E-state index in [1.165, 1.54) is 122 Å². The third kappa shape index (κ3) is 23.3. The molecule has 0 aromatic carbocycles. The van der Waals surface area contributed by atoms with Gasteiger partial charge in [0.15, 0.2) is 6.29 Å². The molecule has 1 heterocycles. The Balaban J connectivity index is 2.31. The number of aliphatic hydroxyl groups excluding tert-OH is 4. The Labute approximate surface area is 287 Å². The highest BCUT2D eigenvalue weighted by Gasteiger charge is 2.44. The first kappa shape index (κ1) is 44.2. The van der Waals surface area contributed by atoms with Gasteiger partial charge in [-0.15, -0.1) is 0 Å². The molecule has 6 atom stereocenters. The van der Waals surface area contributed by atoms with Crippen molar-refractivity contribution in [2.24, 2.45) is 0 Å². The summed E-state index contributed by atoms with van der Waals surface area (Å²) in [5.41, 5.74) is 0. The Morgan fingerprint density at radius 3 is 1.51 bits per heavy atom. The fraction of sp³-hybridized carbons (Fsp3) is 0.974. The van der Waals surface area contributed by atoms with Crippen LogP contribution in [0.1, 0.15) is 174 Å². The zero-order chi connectivity index (χ0) is 34.4. The first-order chi connectivity index (χ1) is 22.9. The number of hydrogen-bond donors (Lipinski definition) is 4. The zero-order valence-electron chi connectivity index (χ0n) is 30.3. The molecule has 1 fully saturated rings. The van der Waals surface area contributed by atoms with Crippen molar-refractivity contribution in [2.45, 2.75) is 211 Å². The standard InChI is InChI=1S/C38H74O9/c1-3-5-7-9-11-13-15-16-17-19-21-23-25-27-34(40)46-32(31-45-38-37(43)36(42)35(41)33(29-39)47-38)30-44-28-26-24-22-20-18-14-12-10-8-6-4-2/h32-33,35-39,41-43H,3-31H2,1-2H3. The third-order valence-electron chi connectivity index (χ3n) is 9.27. The minimum absolute atomic E-state index is 0.106. The molecule has 9 nitrogen and oxygen atoms in total. The number of aliphatic hydroxyl groups is 4. The predicted octanol–water partition coefficient (Wildman–Crippen LogP) is 7.52. The average molecular weight is 675 g/mol. The van der Waals surface area contributed by atoms with Crippen LogP contribution in [-0.4, -0.2) is 89.6 Å². The first-order valence-corrected chi connectivity index (χ1v) is 19.6. The molecule has 280 valence electrons. The Kier molecular flexibility index (Phi) is 29.3. The van der Waals surface area contributed by atoms with Crippen LogP contribution < -0.4 is 0 Å². The second-order valence-corrected chi connectivity index (χ2v) is 13.7. The minimum Gasteiger partial charge on any atom is -0.457 e. The van der Waals surface area contributed by atoms with Crippen molar-refractivity contribution in [2.75, 3.05) is 26.4 Å². The van der Waals surface area contributed by atoms with Crippen LogP contribution in [0.4, 0.5) is 0 Å². The van der Waals surface area contributed by atoms with Gasteiger partial charge >= 0.3 is 5.97 Å². The van der Waals surface area contributed by atoms with Gasteiger partial charge in [0.2, 0.25) is 0 Å². The van der Waals surface area contributed by atoms with Crippen molar-refractivity contribution >= 4 is 5.97 Å². The van der Waals surface area contributed by atoms with Crippen LogP contribution in [0.3, 0.4) is 0 Å². The van der Waals surface area contributed by atoms with Crippen LogP contribution in [-0.2, 0) is 23.7 Å². The van der Waals surface area contributed by atoms with E-state index < -0.39 is 43.4 Å². The van der Waals surface area contributed by atoms with E-state index in [0.29, 0.717) is 13.0 Å². The van der Waals surface area contributed by atoms with Crippen molar-refractivity contribution < 1.29 is 44.2 Å². The molecule has 1 rings (SSSR count). The summed E-state index contributed by atoms with van der Waals surface area (Å²) in [5, 5.41) is 39.9. The molecule has 4 N–H and O–H groups in total. The summed E-state index contributed by atoms with van der Waals surface area (Å²) in [6.45, 7) is 4.57. The number of hydrogen-bond acceptors (Lipinski definition) is 9. The smallest absolute Gasteiger partial charge is 0.306 e. The molecular formula is C38H74O9. The van der Waals surface area contributed by atoms with E-state index in [9.17, 15) is 25.2 Å². The summed E-state index contributed by atoms with van der Waals surface area (Å²) < 4.78 is 22.7. The number of carbonyl (C=O) groups excluding carboxylic acids is 1. The van der Waals surface area contributed by atoms with Crippen LogP contribution in [0.25, 0.3) is 0 Å². The minimum atomic E-state index is -1.53.